The Labute approximate surface area is 137 Å². The number of methoxy groups -OCH3 is 2. The highest BCUT2D eigenvalue weighted by Crippen LogP contribution is 2.27. The summed E-state index contributed by atoms with van der Waals surface area (Å²) in [5.41, 5.74) is 3.60. The van der Waals surface area contributed by atoms with Crippen molar-refractivity contribution in [1.82, 2.24) is 0 Å². The number of hydrogen-bond donors (Lipinski definition) is 1. The summed E-state index contributed by atoms with van der Waals surface area (Å²) < 4.78 is 10.7. The molecule has 4 nitrogen and oxygen atoms in total. The van der Waals surface area contributed by atoms with Crippen molar-refractivity contribution < 1.29 is 9.47 Å². The Morgan fingerprint density at radius 2 is 1.52 bits per heavy atom. The summed E-state index contributed by atoms with van der Waals surface area (Å²) in [6, 6.07) is 15.5. The van der Waals surface area contributed by atoms with Gasteiger partial charge in [0, 0.05) is 11.4 Å². The second-order valence-electron chi connectivity index (χ2n) is 5.08. The number of nitrogens with zero attached hydrogens (tertiary/aromatic N) is 1. The first-order valence-corrected chi connectivity index (χ1v) is 7.40. The van der Waals surface area contributed by atoms with E-state index in [1.54, 1.807) is 14.2 Å². The average Bonchev–Trinajstić information content (AvgIpc) is 2.55. The molecule has 0 fully saturated rings. The van der Waals surface area contributed by atoms with Gasteiger partial charge in [0.1, 0.15) is 17.2 Å². The zero-order valence-electron chi connectivity index (χ0n) is 14.0. The van der Waals surface area contributed by atoms with Crippen molar-refractivity contribution in [2.45, 2.75) is 13.8 Å². The molecular weight excluding hydrogens is 288 g/mol. The molecule has 0 heterocycles. The smallest absolute Gasteiger partial charge is 0.144 e. The number of nitrogens with one attached hydrogen (secondary N) is 1. The van der Waals surface area contributed by atoms with E-state index < -0.39 is 0 Å². The van der Waals surface area contributed by atoms with E-state index in [2.05, 4.69) is 10.3 Å². The lowest BCUT2D eigenvalue weighted by Gasteiger charge is -2.11. The number of aliphatic imine (C=N–C) groups is 1. The van der Waals surface area contributed by atoms with Crippen molar-refractivity contribution in [3.05, 3.63) is 60.3 Å². The molecule has 0 unspecified atom stereocenters. The molecule has 0 aliphatic carbocycles. The molecule has 0 spiro atoms. The highest BCUT2D eigenvalue weighted by Gasteiger charge is 2.02. The van der Waals surface area contributed by atoms with Gasteiger partial charge >= 0.3 is 0 Å². The molecule has 0 atom stereocenters. The molecule has 0 saturated heterocycles. The van der Waals surface area contributed by atoms with E-state index in [1.165, 1.54) is 0 Å². The number of ether oxygens (including phenoxy) is 2. The standard InChI is InChI=1S/C19H22N2O2/c1-14(20-16-9-5-7-11-18(16)22-3)13-15(2)21-17-10-6-8-12-19(17)23-4/h5-13,20H,1-4H3. The van der Waals surface area contributed by atoms with Crippen LogP contribution in [-0.4, -0.2) is 19.9 Å². The van der Waals surface area contributed by atoms with Crippen LogP contribution in [0, 0.1) is 0 Å². The van der Waals surface area contributed by atoms with Gasteiger partial charge in [-0.3, -0.25) is 0 Å². The molecule has 0 aliphatic rings. The average molecular weight is 310 g/mol. The maximum Gasteiger partial charge on any atom is 0.144 e. The molecule has 0 saturated carbocycles. The Kier molecular flexibility index (Phi) is 5.80. The van der Waals surface area contributed by atoms with Gasteiger partial charge in [0.05, 0.1) is 19.9 Å². The van der Waals surface area contributed by atoms with Gasteiger partial charge in [-0.2, -0.15) is 0 Å². The Bertz CT molecular complexity index is 721. The fourth-order valence-corrected chi connectivity index (χ4v) is 2.25. The van der Waals surface area contributed by atoms with E-state index in [1.807, 2.05) is 68.5 Å². The van der Waals surface area contributed by atoms with Crippen LogP contribution >= 0.6 is 0 Å². The first-order valence-electron chi connectivity index (χ1n) is 7.40. The minimum absolute atomic E-state index is 0.760. The Morgan fingerprint density at radius 1 is 0.913 bits per heavy atom. The van der Waals surface area contributed by atoms with Gasteiger partial charge in [-0.15, -0.1) is 0 Å². The normalized spacial score (nSPS) is 12.0. The maximum atomic E-state index is 5.34. The monoisotopic (exact) mass is 310 g/mol. The van der Waals surface area contributed by atoms with Crippen LogP contribution in [0.25, 0.3) is 0 Å². The molecule has 0 amide bonds. The molecule has 23 heavy (non-hydrogen) atoms. The highest BCUT2D eigenvalue weighted by molar-refractivity contribution is 5.96. The second kappa shape index (κ2) is 8.03. The lowest BCUT2D eigenvalue weighted by Crippen LogP contribution is -2.00. The summed E-state index contributed by atoms with van der Waals surface area (Å²) in [5.74, 6) is 1.56. The highest BCUT2D eigenvalue weighted by atomic mass is 16.5. The van der Waals surface area contributed by atoms with Crippen LogP contribution in [0.15, 0.2) is 65.3 Å². The van der Waals surface area contributed by atoms with Gasteiger partial charge in [-0.25, -0.2) is 4.99 Å². The fourth-order valence-electron chi connectivity index (χ4n) is 2.25. The van der Waals surface area contributed by atoms with Crippen LogP contribution in [-0.2, 0) is 0 Å². The number of hydrogen-bond acceptors (Lipinski definition) is 4. The first kappa shape index (κ1) is 16.6. The van der Waals surface area contributed by atoms with Crippen LogP contribution in [0.2, 0.25) is 0 Å². The second-order valence-corrected chi connectivity index (χ2v) is 5.08. The van der Waals surface area contributed by atoms with Crippen molar-refractivity contribution in [2.75, 3.05) is 19.5 Å². The summed E-state index contributed by atoms with van der Waals surface area (Å²) in [5, 5.41) is 3.33. The third-order valence-electron chi connectivity index (χ3n) is 3.25. The first-order chi connectivity index (χ1) is 11.1. The van der Waals surface area contributed by atoms with Crippen molar-refractivity contribution in [1.29, 1.82) is 0 Å². The summed E-state index contributed by atoms with van der Waals surface area (Å²) >= 11 is 0. The maximum absolute atomic E-state index is 5.34. The van der Waals surface area contributed by atoms with Gasteiger partial charge in [0.25, 0.3) is 0 Å². The van der Waals surface area contributed by atoms with Crippen molar-refractivity contribution in [3.8, 4) is 11.5 Å². The number of anilines is 1. The lowest BCUT2D eigenvalue weighted by molar-refractivity contribution is 0.416. The molecule has 0 aromatic heterocycles. The van der Waals surface area contributed by atoms with Crippen LogP contribution in [0.4, 0.5) is 11.4 Å². The third kappa shape index (κ3) is 4.61. The SMILES string of the molecule is COc1ccccc1N=C(C)C=C(C)Nc1ccccc1OC. The van der Waals surface area contributed by atoms with E-state index in [9.17, 15) is 0 Å². The molecule has 2 aromatic carbocycles. The molecule has 0 bridgehead atoms. The molecule has 0 aliphatic heterocycles. The van der Waals surface area contributed by atoms with Gasteiger partial charge in [0.2, 0.25) is 0 Å². The van der Waals surface area contributed by atoms with E-state index >= 15 is 0 Å². The van der Waals surface area contributed by atoms with E-state index in [0.29, 0.717) is 0 Å². The largest absolute Gasteiger partial charge is 0.495 e. The third-order valence-corrected chi connectivity index (χ3v) is 3.25. The Balaban J connectivity index is 2.18. The van der Waals surface area contributed by atoms with E-state index in [-0.39, 0.29) is 0 Å². The van der Waals surface area contributed by atoms with Gasteiger partial charge in [0.15, 0.2) is 0 Å². The van der Waals surface area contributed by atoms with Crippen LogP contribution in [0.3, 0.4) is 0 Å². The van der Waals surface area contributed by atoms with Crippen molar-refractivity contribution in [3.63, 3.8) is 0 Å². The molecule has 0 radical (unpaired) electrons. The summed E-state index contributed by atoms with van der Waals surface area (Å²) in [6.45, 7) is 3.95. The number of allylic oxidation sites excluding steroid dienone is 2. The zero-order chi connectivity index (χ0) is 16.7. The van der Waals surface area contributed by atoms with Crippen molar-refractivity contribution in [2.24, 2.45) is 4.99 Å². The minimum Gasteiger partial charge on any atom is -0.495 e. The van der Waals surface area contributed by atoms with Crippen LogP contribution in [0.1, 0.15) is 13.8 Å². The van der Waals surface area contributed by atoms with Crippen molar-refractivity contribution >= 4 is 17.1 Å². The van der Waals surface area contributed by atoms with E-state index in [4.69, 9.17) is 9.47 Å². The fraction of sp³-hybridized carbons (Fsp3) is 0.211. The van der Waals surface area contributed by atoms with Gasteiger partial charge < -0.3 is 14.8 Å². The zero-order valence-corrected chi connectivity index (χ0v) is 14.0. The summed E-state index contributed by atoms with van der Waals surface area (Å²) in [7, 11) is 3.31. The molecular formula is C19H22N2O2. The predicted octanol–water partition coefficient (Wildman–Crippen LogP) is 4.81. The topological polar surface area (TPSA) is 42.8 Å². The molecule has 2 rings (SSSR count). The number of para-hydroxylation sites is 4. The predicted molar refractivity (Wildman–Crippen MR) is 96.1 cm³/mol. The Hall–Kier alpha value is -2.75. The summed E-state index contributed by atoms with van der Waals surface area (Å²) in [6.07, 6.45) is 1.98. The lowest BCUT2D eigenvalue weighted by atomic mass is 10.2. The van der Waals surface area contributed by atoms with Crippen LogP contribution in [0.5, 0.6) is 11.5 Å². The molecule has 4 heteroatoms. The molecule has 120 valence electrons. The quantitative estimate of drug-likeness (QED) is 0.778. The number of benzene rings is 2. The van der Waals surface area contributed by atoms with Gasteiger partial charge in [-0.1, -0.05) is 24.3 Å². The molecule has 1 N–H and O–H groups in total. The minimum atomic E-state index is 0.760. The molecule has 2 aromatic rings. The van der Waals surface area contributed by atoms with Gasteiger partial charge in [-0.05, 0) is 44.2 Å². The van der Waals surface area contributed by atoms with Crippen LogP contribution < -0.4 is 14.8 Å². The summed E-state index contributed by atoms with van der Waals surface area (Å²) in [4.78, 5) is 4.60. The number of rotatable bonds is 6. The Morgan fingerprint density at radius 3 is 2.22 bits per heavy atom. The van der Waals surface area contributed by atoms with E-state index in [0.717, 1.165) is 34.3 Å².